The lowest BCUT2D eigenvalue weighted by molar-refractivity contribution is 0.197. The summed E-state index contributed by atoms with van der Waals surface area (Å²) in [6.07, 6.45) is 0. The molecule has 1 aromatic carbocycles. The Morgan fingerprint density at radius 1 is 1.53 bits per heavy atom. The van der Waals surface area contributed by atoms with Gasteiger partial charge in [0.25, 0.3) is 0 Å². The number of nitrogens with zero attached hydrogens (tertiary/aromatic N) is 1. The van der Waals surface area contributed by atoms with E-state index >= 15 is 0 Å². The summed E-state index contributed by atoms with van der Waals surface area (Å²) >= 11 is 0. The monoisotopic (exact) mass is 208 g/mol. The number of ether oxygens (including phenoxy) is 1. The first-order chi connectivity index (χ1) is 7.29. The highest BCUT2D eigenvalue weighted by Crippen LogP contribution is 2.15. The van der Waals surface area contributed by atoms with Gasteiger partial charge in [0.1, 0.15) is 11.9 Å². The number of nitriles is 1. The standard InChI is InChI=1S/C11H13FN2O/c1-15-7-6-14-11(8-13)9-4-2-3-5-10(9)12/h2-5,11,14H,6-7H2,1H3. The summed E-state index contributed by atoms with van der Waals surface area (Å²) in [4.78, 5) is 0. The molecule has 0 fully saturated rings. The van der Waals surface area contributed by atoms with Crippen LogP contribution in [0.2, 0.25) is 0 Å². The molecule has 3 nitrogen and oxygen atoms in total. The van der Waals surface area contributed by atoms with Crippen LogP contribution < -0.4 is 5.32 Å². The van der Waals surface area contributed by atoms with Gasteiger partial charge in [-0.2, -0.15) is 5.26 Å². The second-order valence-electron chi connectivity index (χ2n) is 3.03. The molecule has 0 spiro atoms. The number of rotatable bonds is 5. The topological polar surface area (TPSA) is 45.0 Å². The third-order valence-corrected chi connectivity index (χ3v) is 2.00. The van der Waals surface area contributed by atoms with E-state index in [0.717, 1.165) is 0 Å². The van der Waals surface area contributed by atoms with Crippen LogP contribution in [0.15, 0.2) is 24.3 Å². The summed E-state index contributed by atoms with van der Waals surface area (Å²) < 4.78 is 18.2. The van der Waals surface area contributed by atoms with Gasteiger partial charge >= 0.3 is 0 Å². The van der Waals surface area contributed by atoms with Crippen molar-refractivity contribution in [3.05, 3.63) is 35.6 Å². The minimum Gasteiger partial charge on any atom is -0.383 e. The van der Waals surface area contributed by atoms with E-state index in [-0.39, 0.29) is 5.82 Å². The van der Waals surface area contributed by atoms with E-state index in [9.17, 15) is 4.39 Å². The fourth-order valence-electron chi connectivity index (χ4n) is 1.24. The number of hydrogen-bond acceptors (Lipinski definition) is 3. The Morgan fingerprint density at radius 3 is 2.87 bits per heavy atom. The van der Waals surface area contributed by atoms with E-state index in [1.165, 1.54) is 6.07 Å². The molecule has 1 atom stereocenters. The lowest BCUT2D eigenvalue weighted by Crippen LogP contribution is -2.24. The SMILES string of the molecule is COCCNC(C#N)c1ccccc1F. The van der Waals surface area contributed by atoms with Crippen LogP contribution in [0.5, 0.6) is 0 Å². The van der Waals surface area contributed by atoms with Gasteiger partial charge in [0.05, 0.1) is 12.7 Å². The molecule has 0 aliphatic rings. The number of methoxy groups -OCH3 is 1. The number of benzene rings is 1. The van der Waals surface area contributed by atoms with Crippen LogP contribution in [0, 0.1) is 17.1 Å². The molecule has 1 unspecified atom stereocenters. The normalized spacial score (nSPS) is 12.1. The van der Waals surface area contributed by atoms with Crippen molar-refractivity contribution in [2.45, 2.75) is 6.04 Å². The summed E-state index contributed by atoms with van der Waals surface area (Å²) in [5.74, 6) is -0.367. The molecule has 0 aliphatic heterocycles. The summed E-state index contributed by atoms with van der Waals surface area (Å²) in [6, 6.07) is 7.64. The van der Waals surface area contributed by atoms with Gasteiger partial charge in [-0.25, -0.2) is 4.39 Å². The van der Waals surface area contributed by atoms with Crippen molar-refractivity contribution >= 4 is 0 Å². The van der Waals surface area contributed by atoms with E-state index < -0.39 is 6.04 Å². The predicted octanol–water partition coefficient (Wildman–Crippen LogP) is 1.63. The quantitative estimate of drug-likeness (QED) is 0.748. The molecule has 1 rings (SSSR count). The van der Waals surface area contributed by atoms with Crippen LogP contribution in [0.4, 0.5) is 4.39 Å². The Bertz CT molecular complexity index is 349. The zero-order valence-corrected chi connectivity index (χ0v) is 8.53. The lowest BCUT2D eigenvalue weighted by Gasteiger charge is -2.11. The maximum absolute atomic E-state index is 13.3. The van der Waals surface area contributed by atoms with E-state index in [4.69, 9.17) is 10.00 Å². The molecule has 0 amide bonds. The fourth-order valence-corrected chi connectivity index (χ4v) is 1.24. The molecular formula is C11H13FN2O. The van der Waals surface area contributed by atoms with Gasteiger partial charge < -0.3 is 4.74 Å². The van der Waals surface area contributed by atoms with Crippen molar-refractivity contribution < 1.29 is 9.13 Å². The molecule has 0 radical (unpaired) electrons. The second-order valence-corrected chi connectivity index (χ2v) is 3.03. The number of halogens is 1. The van der Waals surface area contributed by atoms with Gasteiger partial charge in [-0.1, -0.05) is 18.2 Å². The van der Waals surface area contributed by atoms with E-state index in [1.54, 1.807) is 25.3 Å². The Labute approximate surface area is 88.5 Å². The van der Waals surface area contributed by atoms with Crippen LogP contribution in [-0.4, -0.2) is 20.3 Å². The molecule has 0 saturated carbocycles. The zero-order chi connectivity index (χ0) is 11.1. The number of hydrogen-bond donors (Lipinski definition) is 1. The van der Waals surface area contributed by atoms with Gasteiger partial charge in [0.2, 0.25) is 0 Å². The first kappa shape index (κ1) is 11.6. The third kappa shape index (κ3) is 3.31. The highest BCUT2D eigenvalue weighted by atomic mass is 19.1. The second kappa shape index (κ2) is 6.12. The molecule has 4 heteroatoms. The first-order valence-electron chi connectivity index (χ1n) is 4.66. The Morgan fingerprint density at radius 2 is 2.27 bits per heavy atom. The van der Waals surface area contributed by atoms with E-state index in [2.05, 4.69) is 5.32 Å². The van der Waals surface area contributed by atoms with Crippen molar-refractivity contribution in [1.29, 1.82) is 5.26 Å². The van der Waals surface area contributed by atoms with Gasteiger partial charge in [-0.15, -0.1) is 0 Å². The molecule has 0 bridgehead atoms. The maximum atomic E-state index is 13.3. The van der Waals surface area contributed by atoms with Crippen LogP contribution >= 0.6 is 0 Å². The largest absolute Gasteiger partial charge is 0.383 e. The summed E-state index contributed by atoms with van der Waals surface area (Å²) in [5.41, 5.74) is 0.371. The molecule has 80 valence electrons. The van der Waals surface area contributed by atoms with Gasteiger partial charge in [-0.05, 0) is 6.07 Å². The van der Waals surface area contributed by atoms with Crippen molar-refractivity contribution in [2.75, 3.05) is 20.3 Å². The van der Waals surface area contributed by atoms with E-state index in [1.807, 2.05) is 6.07 Å². The highest BCUT2D eigenvalue weighted by Gasteiger charge is 2.13. The maximum Gasteiger partial charge on any atom is 0.129 e. The minimum absolute atomic E-state index is 0.367. The number of nitrogens with one attached hydrogen (secondary N) is 1. The lowest BCUT2D eigenvalue weighted by atomic mass is 10.1. The van der Waals surface area contributed by atoms with Crippen LogP contribution in [0.1, 0.15) is 11.6 Å². The van der Waals surface area contributed by atoms with Crippen LogP contribution in [-0.2, 0) is 4.74 Å². The molecule has 0 heterocycles. The van der Waals surface area contributed by atoms with Gasteiger partial charge in [-0.3, -0.25) is 5.32 Å². The molecule has 1 aromatic rings. The summed E-state index contributed by atoms with van der Waals surface area (Å²) in [5, 5.41) is 11.8. The van der Waals surface area contributed by atoms with Gasteiger partial charge in [0.15, 0.2) is 0 Å². The predicted molar refractivity (Wildman–Crippen MR) is 54.6 cm³/mol. The highest BCUT2D eigenvalue weighted by molar-refractivity contribution is 5.25. The van der Waals surface area contributed by atoms with Gasteiger partial charge in [0, 0.05) is 19.2 Å². The smallest absolute Gasteiger partial charge is 0.129 e. The average Bonchev–Trinajstić information content (AvgIpc) is 2.26. The Kier molecular flexibility index (Phi) is 4.75. The van der Waals surface area contributed by atoms with E-state index in [0.29, 0.717) is 18.7 Å². The summed E-state index contributed by atoms with van der Waals surface area (Å²) in [6.45, 7) is 1.01. The van der Waals surface area contributed by atoms with Crippen molar-refractivity contribution in [2.24, 2.45) is 0 Å². The Hall–Kier alpha value is -1.44. The fraction of sp³-hybridized carbons (Fsp3) is 0.364. The summed E-state index contributed by atoms with van der Waals surface area (Å²) in [7, 11) is 1.58. The minimum atomic E-state index is -0.624. The van der Waals surface area contributed by atoms with Crippen molar-refractivity contribution in [3.8, 4) is 6.07 Å². The average molecular weight is 208 g/mol. The zero-order valence-electron chi connectivity index (χ0n) is 8.53. The molecule has 1 N–H and O–H groups in total. The third-order valence-electron chi connectivity index (χ3n) is 2.00. The molecule has 0 aliphatic carbocycles. The molecule has 15 heavy (non-hydrogen) atoms. The van der Waals surface area contributed by atoms with Crippen molar-refractivity contribution in [3.63, 3.8) is 0 Å². The molecule has 0 saturated heterocycles. The molecular weight excluding hydrogens is 195 g/mol. The molecule has 0 aromatic heterocycles. The first-order valence-corrected chi connectivity index (χ1v) is 4.66. The van der Waals surface area contributed by atoms with Crippen LogP contribution in [0.25, 0.3) is 0 Å². The van der Waals surface area contributed by atoms with Crippen LogP contribution in [0.3, 0.4) is 0 Å². The van der Waals surface area contributed by atoms with Crippen molar-refractivity contribution in [1.82, 2.24) is 5.32 Å². The Balaban J connectivity index is 2.67.